The molecular formula is C11H11Cl3N2O2S. The van der Waals surface area contributed by atoms with Gasteiger partial charge in [0.1, 0.15) is 4.90 Å². The molecule has 0 aliphatic carbocycles. The Kier molecular flexibility index (Phi) is 6.37. The van der Waals surface area contributed by atoms with E-state index in [1.165, 1.54) is 18.2 Å². The quantitative estimate of drug-likeness (QED) is 0.747. The Hall–Kier alpha value is -0.510. The van der Waals surface area contributed by atoms with Crippen LogP contribution in [-0.2, 0) is 10.0 Å². The van der Waals surface area contributed by atoms with Crippen LogP contribution < -0.4 is 0 Å². The van der Waals surface area contributed by atoms with Gasteiger partial charge in [-0.25, -0.2) is 8.42 Å². The lowest BCUT2D eigenvalue weighted by Gasteiger charge is -2.20. The van der Waals surface area contributed by atoms with Crippen LogP contribution in [0.1, 0.15) is 5.56 Å². The highest BCUT2D eigenvalue weighted by Gasteiger charge is 2.26. The number of nitriles is 1. The first-order valence-electron chi connectivity index (χ1n) is 5.29. The molecule has 0 saturated carbocycles. The molecule has 0 N–H and O–H groups in total. The lowest BCUT2D eigenvalue weighted by molar-refractivity contribution is 0.448. The molecule has 104 valence electrons. The highest BCUT2D eigenvalue weighted by molar-refractivity contribution is 7.89. The van der Waals surface area contributed by atoms with Gasteiger partial charge in [0.05, 0.1) is 16.7 Å². The third-order valence-corrected chi connectivity index (χ3v) is 5.06. The summed E-state index contributed by atoms with van der Waals surface area (Å²) in [7, 11) is -3.81. The van der Waals surface area contributed by atoms with E-state index in [1.807, 2.05) is 6.07 Å². The fourth-order valence-corrected chi connectivity index (χ4v) is 4.00. The zero-order valence-corrected chi connectivity index (χ0v) is 12.9. The van der Waals surface area contributed by atoms with Crippen LogP contribution in [0, 0.1) is 11.3 Å². The molecular weight excluding hydrogens is 331 g/mol. The van der Waals surface area contributed by atoms with E-state index in [1.54, 1.807) is 0 Å². The molecule has 1 rings (SSSR count). The van der Waals surface area contributed by atoms with Gasteiger partial charge in [-0.3, -0.25) is 0 Å². The van der Waals surface area contributed by atoms with E-state index in [9.17, 15) is 8.42 Å². The van der Waals surface area contributed by atoms with Crippen LogP contribution in [0.5, 0.6) is 0 Å². The van der Waals surface area contributed by atoms with Gasteiger partial charge in [0.25, 0.3) is 0 Å². The van der Waals surface area contributed by atoms with Crippen LogP contribution in [0.15, 0.2) is 23.1 Å². The molecule has 0 heterocycles. The molecule has 0 radical (unpaired) electrons. The second-order valence-electron chi connectivity index (χ2n) is 3.54. The van der Waals surface area contributed by atoms with E-state index in [0.717, 1.165) is 4.31 Å². The van der Waals surface area contributed by atoms with Gasteiger partial charge in [-0.05, 0) is 18.2 Å². The van der Waals surface area contributed by atoms with E-state index in [4.69, 9.17) is 40.1 Å². The molecule has 1 aromatic carbocycles. The SMILES string of the molecule is N#Cc1ccc(Cl)c(S(=O)(=O)N(CCCl)CCCl)c1. The van der Waals surface area contributed by atoms with Crippen molar-refractivity contribution in [2.24, 2.45) is 0 Å². The van der Waals surface area contributed by atoms with E-state index in [2.05, 4.69) is 0 Å². The van der Waals surface area contributed by atoms with Gasteiger partial charge in [-0.15, -0.1) is 23.2 Å². The third-order valence-electron chi connectivity index (χ3n) is 2.35. The molecule has 0 spiro atoms. The van der Waals surface area contributed by atoms with Crippen molar-refractivity contribution in [3.8, 4) is 6.07 Å². The fourth-order valence-electron chi connectivity index (χ4n) is 1.45. The number of hydrogen-bond acceptors (Lipinski definition) is 3. The van der Waals surface area contributed by atoms with Crippen LogP contribution in [0.2, 0.25) is 5.02 Å². The van der Waals surface area contributed by atoms with Gasteiger partial charge in [0.15, 0.2) is 0 Å². The molecule has 0 saturated heterocycles. The van der Waals surface area contributed by atoms with Crippen molar-refractivity contribution in [3.63, 3.8) is 0 Å². The van der Waals surface area contributed by atoms with Crippen LogP contribution in [0.25, 0.3) is 0 Å². The minimum absolute atomic E-state index is 0.0631. The van der Waals surface area contributed by atoms with Crippen molar-refractivity contribution in [3.05, 3.63) is 28.8 Å². The molecule has 0 bridgehead atoms. The zero-order valence-electron chi connectivity index (χ0n) is 9.81. The second kappa shape index (κ2) is 7.32. The van der Waals surface area contributed by atoms with Gasteiger partial charge in [-0.2, -0.15) is 9.57 Å². The lowest BCUT2D eigenvalue weighted by Crippen LogP contribution is -2.34. The summed E-state index contributed by atoms with van der Waals surface area (Å²) in [6, 6.07) is 5.95. The molecule has 0 aliphatic rings. The predicted octanol–water partition coefficient (Wildman–Crippen LogP) is 2.68. The zero-order chi connectivity index (χ0) is 14.5. The fraction of sp³-hybridized carbons (Fsp3) is 0.364. The first-order valence-corrected chi connectivity index (χ1v) is 8.17. The predicted molar refractivity (Wildman–Crippen MR) is 76.4 cm³/mol. The smallest absolute Gasteiger partial charge is 0.207 e. The molecule has 0 aromatic heterocycles. The Balaban J connectivity index is 3.28. The first-order chi connectivity index (χ1) is 8.97. The Morgan fingerprint density at radius 1 is 1.21 bits per heavy atom. The molecule has 0 unspecified atom stereocenters. The first kappa shape index (κ1) is 16.5. The molecule has 0 fully saturated rings. The summed E-state index contributed by atoms with van der Waals surface area (Å²) in [5.41, 5.74) is 0.222. The second-order valence-corrected chi connectivity index (χ2v) is 6.61. The molecule has 8 heteroatoms. The number of sulfonamides is 1. The van der Waals surface area contributed by atoms with Gasteiger partial charge in [0, 0.05) is 24.8 Å². The maximum atomic E-state index is 12.4. The topological polar surface area (TPSA) is 61.2 Å². The average molecular weight is 342 g/mol. The largest absolute Gasteiger partial charge is 0.244 e. The minimum atomic E-state index is -3.81. The number of hydrogen-bond donors (Lipinski definition) is 0. The van der Waals surface area contributed by atoms with Crippen molar-refractivity contribution < 1.29 is 8.42 Å². The van der Waals surface area contributed by atoms with Crippen molar-refractivity contribution in [1.82, 2.24) is 4.31 Å². The maximum absolute atomic E-state index is 12.4. The summed E-state index contributed by atoms with van der Waals surface area (Å²) in [5, 5.41) is 8.88. The number of halogens is 3. The summed E-state index contributed by atoms with van der Waals surface area (Å²) in [4.78, 5) is -0.108. The van der Waals surface area contributed by atoms with Gasteiger partial charge >= 0.3 is 0 Å². The number of rotatable bonds is 6. The summed E-state index contributed by atoms with van der Waals surface area (Å²) in [5.74, 6) is 0.289. The highest BCUT2D eigenvalue weighted by atomic mass is 35.5. The third kappa shape index (κ3) is 3.98. The Bertz CT molecular complexity index is 578. The highest BCUT2D eigenvalue weighted by Crippen LogP contribution is 2.25. The summed E-state index contributed by atoms with van der Waals surface area (Å²) < 4.78 is 26.0. The van der Waals surface area contributed by atoms with Crippen LogP contribution >= 0.6 is 34.8 Å². The summed E-state index contributed by atoms with van der Waals surface area (Å²) >= 11 is 17.1. The van der Waals surface area contributed by atoms with E-state index < -0.39 is 10.0 Å². The average Bonchev–Trinajstić information content (AvgIpc) is 2.39. The lowest BCUT2D eigenvalue weighted by atomic mass is 10.2. The normalized spacial score (nSPS) is 11.5. The monoisotopic (exact) mass is 340 g/mol. The van der Waals surface area contributed by atoms with Gasteiger partial charge in [-0.1, -0.05) is 11.6 Å². The summed E-state index contributed by atoms with van der Waals surface area (Å²) in [6.07, 6.45) is 0. The van der Waals surface area contributed by atoms with Gasteiger partial charge < -0.3 is 0 Å². The molecule has 19 heavy (non-hydrogen) atoms. The minimum Gasteiger partial charge on any atom is -0.207 e. The number of benzene rings is 1. The molecule has 4 nitrogen and oxygen atoms in total. The van der Waals surface area contributed by atoms with Crippen molar-refractivity contribution in [1.29, 1.82) is 5.26 Å². The van der Waals surface area contributed by atoms with Crippen molar-refractivity contribution in [2.45, 2.75) is 4.90 Å². The van der Waals surface area contributed by atoms with E-state index in [0.29, 0.717) is 0 Å². The van der Waals surface area contributed by atoms with Gasteiger partial charge in [0.2, 0.25) is 10.0 Å². The molecule has 0 aliphatic heterocycles. The number of alkyl halides is 2. The van der Waals surface area contributed by atoms with E-state index >= 15 is 0 Å². The molecule has 1 aromatic rings. The van der Waals surface area contributed by atoms with Crippen molar-refractivity contribution in [2.75, 3.05) is 24.8 Å². The Morgan fingerprint density at radius 2 is 1.79 bits per heavy atom. The van der Waals surface area contributed by atoms with Crippen LogP contribution in [0.3, 0.4) is 0 Å². The van der Waals surface area contributed by atoms with Crippen LogP contribution in [-0.4, -0.2) is 37.6 Å². The van der Waals surface area contributed by atoms with E-state index in [-0.39, 0.29) is 40.3 Å². The Morgan fingerprint density at radius 3 is 2.26 bits per heavy atom. The molecule has 0 amide bonds. The molecule has 0 atom stereocenters. The summed E-state index contributed by atoms with van der Waals surface area (Å²) in [6.45, 7) is 0.257. The maximum Gasteiger partial charge on any atom is 0.244 e. The van der Waals surface area contributed by atoms with Crippen molar-refractivity contribution >= 4 is 44.8 Å². The van der Waals surface area contributed by atoms with Crippen LogP contribution in [0.4, 0.5) is 0 Å². The standard InChI is InChI=1S/C11H11Cl3N2O2S/c12-3-5-16(6-4-13)19(17,18)11-7-9(8-15)1-2-10(11)14/h1-2,7H,3-6H2. The number of nitrogens with zero attached hydrogens (tertiary/aromatic N) is 2. The Labute approximate surface area is 127 Å².